The van der Waals surface area contributed by atoms with Gasteiger partial charge in [-0.1, -0.05) is 17.3 Å². The molecule has 0 radical (unpaired) electrons. The number of pyridine rings is 1. The van der Waals surface area contributed by atoms with Gasteiger partial charge >= 0.3 is 6.18 Å². The van der Waals surface area contributed by atoms with Crippen molar-refractivity contribution < 1.29 is 22.4 Å². The number of aromatic nitrogens is 2. The van der Waals surface area contributed by atoms with Crippen molar-refractivity contribution in [3.05, 3.63) is 30.0 Å². The third kappa shape index (κ3) is 6.49. The van der Waals surface area contributed by atoms with Crippen LogP contribution in [0.5, 0.6) is 0 Å². The molecule has 0 saturated carbocycles. The Morgan fingerprint density at radius 2 is 2.11 bits per heavy atom. The summed E-state index contributed by atoms with van der Waals surface area (Å²) in [6.07, 6.45) is 2.88. The van der Waals surface area contributed by atoms with Crippen LogP contribution in [-0.4, -0.2) is 40.1 Å². The highest BCUT2D eigenvalue weighted by Crippen LogP contribution is 2.34. The van der Waals surface area contributed by atoms with E-state index in [4.69, 9.17) is 6.42 Å². The highest BCUT2D eigenvalue weighted by molar-refractivity contribution is 7.99. The number of hydrogen-bond acceptors (Lipinski definition) is 5. The highest BCUT2D eigenvalue weighted by Gasteiger charge is 2.26. The number of carbonyl (C=O) groups excluding carboxylic acids is 1. The SMILES string of the molecule is C#CCN(C(=O)CCSCCC(F)(F)F)c1sc(-c2cncc(F)c2)nc1C. The minimum Gasteiger partial charge on any atom is -0.290 e. The zero-order valence-corrected chi connectivity index (χ0v) is 16.6. The molecular formula is C18H17F4N3OS2. The van der Waals surface area contributed by atoms with E-state index < -0.39 is 18.4 Å². The molecule has 0 unspecified atom stereocenters. The molecular weight excluding hydrogens is 414 g/mol. The first-order chi connectivity index (χ1) is 13.2. The van der Waals surface area contributed by atoms with Crippen molar-refractivity contribution in [2.45, 2.75) is 25.9 Å². The van der Waals surface area contributed by atoms with E-state index in [1.807, 2.05) is 0 Å². The Labute approximate surface area is 168 Å². The fourth-order valence-electron chi connectivity index (χ4n) is 2.24. The number of carbonyl (C=O) groups is 1. The Morgan fingerprint density at radius 3 is 2.75 bits per heavy atom. The lowest BCUT2D eigenvalue weighted by molar-refractivity contribution is -0.129. The van der Waals surface area contributed by atoms with Crippen LogP contribution in [0.15, 0.2) is 18.5 Å². The van der Waals surface area contributed by atoms with Crippen LogP contribution in [0.3, 0.4) is 0 Å². The van der Waals surface area contributed by atoms with Gasteiger partial charge in [-0.2, -0.15) is 24.9 Å². The average molecular weight is 431 g/mol. The first-order valence-corrected chi connectivity index (χ1v) is 10.1. The summed E-state index contributed by atoms with van der Waals surface area (Å²) in [6, 6.07) is 1.29. The van der Waals surface area contributed by atoms with Gasteiger partial charge in [0.15, 0.2) is 0 Å². The minimum absolute atomic E-state index is 0.00985. The molecule has 0 spiro atoms. The topological polar surface area (TPSA) is 46.1 Å². The third-order valence-electron chi connectivity index (χ3n) is 3.51. The molecule has 0 aliphatic carbocycles. The van der Waals surface area contributed by atoms with Crippen molar-refractivity contribution in [2.75, 3.05) is 23.0 Å². The van der Waals surface area contributed by atoms with E-state index in [9.17, 15) is 22.4 Å². The Kier molecular flexibility index (Phi) is 7.83. The Balaban J connectivity index is 2.07. The molecule has 2 heterocycles. The van der Waals surface area contributed by atoms with Crippen molar-refractivity contribution >= 4 is 34.0 Å². The normalized spacial score (nSPS) is 11.3. The van der Waals surface area contributed by atoms with Crippen LogP contribution in [0.4, 0.5) is 22.6 Å². The maximum Gasteiger partial charge on any atom is 0.389 e. The van der Waals surface area contributed by atoms with Gasteiger partial charge in [-0.05, 0) is 13.0 Å². The predicted octanol–water partition coefficient (Wildman–Crippen LogP) is 4.69. The van der Waals surface area contributed by atoms with Gasteiger partial charge in [0, 0.05) is 29.7 Å². The molecule has 0 aliphatic heterocycles. The molecule has 0 fully saturated rings. The van der Waals surface area contributed by atoms with Gasteiger partial charge in [-0.25, -0.2) is 9.37 Å². The standard InChI is InChI=1S/C18H17F4N3OS2/c1-3-6-25(15(26)4-7-27-8-5-18(20,21)22)17-12(2)24-16(28-17)13-9-14(19)11-23-10-13/h1,9-11H,4-8H2,2H3. The van der Waals surface area contributed by atoms with Crippen LogP contribution in [0.1, 0.15) is 18.5 Å². The predicted molar refractivity (Wildman–Crippen MR) is 104 cm³/mol. The number of hydrogen-bond donors (Lipinski definition) is 0. The number of alkyl halides is 3. The number of terminal acetylenes is 1. The number of rotatable bonds is 8. The van der Waals surface area contributed by atoms with Gasteiger partial charge in [-0.3, -0.25) is 14.7 Å². The number of aryl methyl sites for hydroxylation is 1. The van der Waals surface area contributed by atoms with Crippen molar-refractivity contribution in [3.63, 3.8) is 0 Å². The smallest absolute Gasteiger partial charge is 0.290 e. The number of nitrogens with zero attached hydrogens (tertiary/aromatic N) is 3. The summed E-state index contributed by atoms with van der Waals surface area (Å²) in [5.74, 6) is 1.77. The molecule has 0 N–H and O–H groups in total. The lowest BCUT2D eigenvalue weighted by Crippen LogP contribution is -2.31. The monoisotopic (exact) mass is 431 g/mol. The molecule has 2 aromatic rings. The third-order valence-corrected chi connectivity index (χ3v) is 5.72. The van der Waals surface area contributed by atoms with Gasteiger partial charge in [0.05, 0.1) is 24.9 Å². The van der Waals surface area contributed by atoms with Crippen LogP contribution in [0.25, 0.3) is 10.6 Å². The zero-order valence-electron chi connectivity index (χ0n) is 14.9. The second-order valence-electron chi connectivity index (χ2n) is 5.71. The molecule has 1 amide bonds. The molecule has 2 rings (SSSR count). The molecule has 10 heteroatoms. The lowest BCUT2D eigenvalue weighted by atomic mass is 10.3. The van der Waals surface area contributed by atoms with Gasteiger partial charge in [0.2, 0.25) is 5.91 Å². The Bertz CT molecular complexity index is 861. The summed E-state index contributed by atoms with van der Waals surface area (Å²) in [6.45, 7) is 1.72. The first-order valence-electron chi connectivity index (χ1n) is 8.18. The number of thioether (sulfide) groups is 1. The average Bonchev–Trinajstić information content (AvgIpc) is 2.99. The molecule has 4 nitrogen and oxygen atoms in total. The van der Waals surface area contributed by atoms with Crippen molar-refractivity contribution in [2.24, 2.45) is 0 Å². The Hall–Kier alpha value is -2.12. The molecule has 0 aliphatic rings. The lowest BCUT2D eigenvalue weighted by Gasteiger charge is -2.19. The molecule has 28 heavy (non-hydrogen) atoms. The number of anilines is 1. The van der Waals surface area contributed by atoms with Crippen LogP contribution in [0, 0.1) is 25.1 Å². The van der Waals surface area contributed by atoms with Crippen molar-refractivity contribution in [1.29, 1.82) is 0 Å². The van der Waals surface area contributed by atoms with Crippen LogP contribution in [0.2, 0.25) is 0 Å². The van der Waals surface area contributed by atoms with Crippen LogP contribution >= 0.6 is 23.1 Å². The van der Waals surface area contributed by atoms with E-state index in [0.717, 1.165) is 18.0 Å². The molecule has 150 valence electrons. The van der Waals surface area contributed by atoms with E-state index >= 15 is 0 Å². The summed E-state index contributed by atoms with van der Waals surface area (Å²) < 4.78 is 49.9. The fraction of sp³-hybridized carbons (Fsp3) is 0.389. The number of thiazole rings is 1. The van der Waals surface area contributed by atoms with Gasteiger partial charge in [-0.15, -0.1) is 6.42 Å². The Morgan fingerprint density at radius 1 is 1.36 bits per heavy atom. The van der Waals surface area contributed by atoms with E-state index in [2.05, 4.69) is 15.9 Å². The largest absolute Gasteiger partial charge is 0.389 e. The maximum atomic E-state index is 13.4. The summed E-state index contributed by atoms with van der Waals surface area (Å²) in [4.78, 5) is 22.1. The first kappa shape index (κ1) is 22.2. The van der Waals surface area contributed by atoms with Gasteiger partial charge < -0.3 is 0 Å². The molecule has 0 bridgehead atoms. The quantitative estimate of drug-likeness (QED) is 0.346. The van der Waals surface area contributed by atoms with Crippen LogP contribution in [-0.2, 0) is 4.79 Å². The molecule has 2 aromatic heterocycles. The van der Waals surface area contributed by atoms with E-state index in [1.165, 1.54) is 28.5 Å². The summed E-state index contributed by atoms with van der Waals surface area (Å²) >= 11 is 2.25. The number of halogens is 4. The van der Waals surface area contributed by atoms with Crippen molar-refractivity contribution in [1.82, 2.24) is 9.97 Å². The zero-order chi connectivity index (χ0) is 20.7. The maximum absolute atomic E-state index is 13.4. The minimum atomic E-state index is -4.20. The fourth-order valence-corrected chi connectivity index (χ4v) is 4.20. The second-order valence-corrected chi connectivity index (χ2v) is 7.92. The van der Waals surface area contributed by atoms with Crippen molar-refractivity contribution in [3.8, 4) is 22.9 Å². The summed E-state index contributed by atoms with van der Waals surface area (Å²) in [5.41, 5.74) is 1.03. The van der Waals surface area contributed by atoms with E-state index in [-0.39, 0.29) is 30.4 Å². The van der Waals surface area contributed by atoms with E-state index in [0.29, 0.717) is 21.3 Å². The van der Waals surface area contributed by atoms with Gasteiger partial charge in [0.1, 0.15) is 15.8 Å². The van der Waals surface area contributed by atoms with E-state index in [1.54, 1.807) is 6.92 Å². The molecule has 0 saturated heterocycles. The second kappa shape index (κ2) is 9.89. The van der Waals surface area contributed by atoms with Crippen LogP contribution < -0.4 is 4.90 Å². The van der Waals surface area contributed by atoms with Gasteiger partial charge in [0.25, 0.3) is 0 Å². The molecule has 0 aromatic carbocycles. The summed E-state index contributed by atoms with van der Waals surface area (Å²) in [5, 5.41) is 1.02. The molecule has 0 atom stereocenters. The number of amides is 1. The highest BCUT2D eigenvalue weighted by atomic mass is 32.2. The summed E-state index contributed by atoms with van der Waals surface area (Å²) in [7, 11) is 0.